The van der Waals surface area contributed by atoms with E-state index in [1.165, 1.54) is 24.8 Å². The summed E-state index contributed by atoms with van der Waals surface area (Å²) < 4.78 is 1.85. The summed E-state index contributed by atoms with van der Waals surface area (Å²) in [5, 5.41) is 7.85. The maximum atomic E-state index is 6.28. The standard InChI is InChI=1S/C14H21N5/c1-10-7-13-16-9-17-19(13)14(8-10)18-12-6-4-2-3-5-11(12)15/h7-9,11-12,18H,2-6,15H2,1H3. The van der Waals surface area contributed by atoms with Crippen molar-refractivity contribution in [1.29, 1.82) is 0 Å². The molecule has 1 aliphatic rings. The summed E-state index contributed by atoms with van der Waals surface area (Å²) in [6.45, 7) is 2.08. The first-order chi connectivity index (χ1) is 9.24. The van der Waals surface area contributed by atoms with E-state index in [0.717, 1.165) is 24.3 Å². The lowest BCUT2D eigenvalue weighted by molar-refractivity contribution is 0.525. The third-order valence-electron chi connectivity index (χ3n) is 3.93. The van der Waals surface area contributed by atoms with Gasteiger partial charge in [-0.05, 0) is 37.5 Å². The van der Waals surface area contributed by atoms with Gasteiger partial charge in [-0.2, -0.15) is 9.61 Å². The summed E-state index contributed by atoms with van der Waals surface area (Å²) >= 11 is 0. The SMILES string of the molecule is Cc1cc(NC2CCCCCC2N)n2ncnc2c1. The van der Waals surface area contributed by atoms with E-state index in [4.69, 9.17) is 5.73 Å². The molecule has 5 nitrogen and oxygen atoms in total. The molecule has 0 saturated heterocycles. The molecule has 2 unspecified atom stereocenters. The molecule has 1 aliphatic carbocycles. The fourth-order valence-electron chi connectivity index (χ4n) is 2.86. The van der Waals surface area contributed by atoms with E-state index in [0.29, 0.717) is 6.04 Å². The van der Waals surface area contributed by atoms with E-state index in [1.807, 2.05) is 10.6 Å². The van der Waals surface area contributed by atoms with Crippen molar-refractivity contribution in [3.05, 3.63) is 24.0 Å². The summed E-state index contributed by atoms with van der Waals surface area (Å²) in [5.41, 5.74) is 8.34. The lowest BCUT2D eigenvalue weighted by atomic mass is 10.0. The fourth-order valence-corrected chi connectivity index (χ4v) is 2.86. The molecule has 0 aromatic carbocycles. The summed E-state index contributed by atoms with van der Waals surface area (Å²) in [6.07, 6.45) is 7.60. The number of aryl methyl sites for hydroxylation is 1. The van der Waals surface area contributed by atoms with Gasteiger partial charge in [0.1, 0.15) is 12.1 Å². The third-order valence-corrected chi connectivity index (χ3v) is 3.93. The Morgan fingerprint density at radius 2 is 2.11 bits per heavy atom. The van der Waals surface area contributed by atoms with Crippen LogP contribution in [0.1, 0.15) is 37.7 Å². The van der Waals surface area contributed by atoms with Gasteiger partial charge in [0.25, 0.3) is 0 Å². The Balaban J connectivity index is 1.89. The lowest BCUT2D eigenvalue weighted by Gasteiger charge is -2.24. The van der Waals surface area contributed by atoms with Gasteiger partial charge in [-0.1, -0.05) is 19.3 Å². The second-order valence-electron chi connectivity index (χ2n) is 5.50. The van der Waals surface area contributed by atoms with Crippen LogP contribution in [-0.4, -0.2) is 26.7 Å². The van der Waals surface area contributed by atoms with Gasteiger partial charge < -0.3 is 11.1 Å². The van der Waals surface area contributed by atoms with Gasteiger partial charge >= 0.3 is 0 Å². The number of nitrogens with one attached hydrogen (secondary N) is 1. The van der Waals surface area contributed by atoms with Crippen LogP contribution in [0, 0.1) is 6.92 Å². The molecule has 2 heterocycles. The molecular weight excluding hydrogens is 238 g/mol. The quantitative estimate of drug-likeness (QED) is 0.811. The van der Waals surface area contributed by atoms with Crippen molar-refractivity contribution in [2.45, 2.75) is 51.1 Å². The molecule has 0 bridgehead atoms. The normalized spacial score (nSPS) is 24.3. The summed E-state index contributed by atoms with van der Waals surface area (Å²) in [6, 6.07) is 4.70. The predicted molar refractivity (Wildman–Crippen MR) is 76.2 cm³/mol. The number of anilines is 1. The Bertz CT molecular complexity index is 562. The zero-order chi connectivity index (χ0) is 13.2. The molecule has 0 spiro atoms. The molecule has 1 saturated carbocycles. The van der Waals surface area contributed by atoms with E-state index in [2.05, 4.69) is 28.4 Å². The minimum Gasteiger partial charge on any atom is -0.366 e. The van der Waals surface area contributed by atoms with Crippen LogP contribution in [0.3, 0.4) is 0 Å². The minimum atomic E-state index is 0.224. The average Bonchev–Trinajstić information content (AvgIpc) is 2.75. The highest BCUT2D eigenvalue weighted by molar-refractivity contribution is 5.51. The van der Waals surface area contributed by atoms with Crippen LogP contribution in [0.4, 0.5) is 5.82 Å². The second-order valence-corrected chi connectivity index (χ2v) is 5.50. The van der Waals surface area contributed by atoms with E-state index in [1.54, 1.807) is 6.33 Å². The Kier molecular flexibility index (Phi) is 3.38. The number of nitrogens with two attached hydrogens (primary N) is 1. The number of nitrogens with zero attached hydrogens (tertiary/aromatic N) is 3. The van der Waals surface area contributed by atoms with Crippen molar-refractivity contribution in [3.63, 3.8) is 0 Å². The highest BCUT2D eigenvalue weighted by Gasteiger charge is 2.21. The van der Waals surface area contributed by atoms with Crippen LogP contribution in [0.2, 0.25) is 0 Å². The maximum Gasteiger partial charge on any atom is 0.157 e. The van der Waals surface area contributed by atoms with Gasteiger partial charge in [0.2, 0.25) is 0 Å². The van der Waals surface area contributed by atoms with E-state index >= 15 is 0 Å². The van der Waals surface area contributed by atoms with Crippen LogP contribution >= 0.6 is 0 Å². The van der Waals surface area contributed by atoms with Gasteiger partial charge in [0.15, 0.2) is 5.65 Å². The molecule has 2 aromatic rings. The monoisotopic (exact) mass is 259 g/mol. The van der Waals surface area contributed by atoms with E-state index in [9.17, 15) is 0 Å². The first-order valence-electron chi connectivity index (χ1n) is 7.06. The fraction of sp³-hybridized carbons (Fsp3) is 0.571. The Morgan fingerprint density at radius 1 is 1.26 bits per heavy atom. The van der Waals surface area contributed by atoms with Crippen LogP contribution < -0.4 is 11.1 Å². The molecule has 3 rings (SSSR count). The largest absolute Gasteiger partial charge is 0.366 e. The molecule has 1 fully saturated rings. The van der Waals surface area contributed by atoms with Crippen molar-refractivity contribution in [3.8, 4) is 0 Å². The molecule has 2 atom stereocenters. The van der Waals surface area contributed by atoms with Crippen LogP contribution in [-0.2, 0) is 0 Å². The summed E-state index contributed by atoms with van der Waals surface area (Å²) in [7, 11) is 0. The minimum absolute atomic E-state index is 0.224. The number of rotatable bonds is 2. The molecular formula is C14H21N5. The van der Waals surface area contributed by atoms with Gasteiger partial charge in [0.05, 0.1) is 0 Å². The zero-order valence-electron chi connectivity index (χ0n) is 11.3. The molecule has 2 aromatic heterocycles. The Labute approximate surface area is 113 Å². The molecule has 5 heteroatoms. The first-order valence-corrected chi connectivity index (χ1v) is 7.06. The Morgan fingerprint density at radius 3 is 3.00 bits per heavy atom. The van der Waals surface area contributed by atoms with Gasteiger partial charge in [-0.3, -0.25) is 0 Å². The third kappa shape index (κ3) is 2.56. The predicted octanol–water partition coefficient (Wildman–Crippen LogP) is 2.11. The highest BCUT2D eigenvalue weighted by atomic mass is 15.3. The van der Waals surface area contributed by atoms with Gasteiger partial charge in [0, 0.05) is 12.1 Å². The second kappa shape index (κ2) is 5.17. The van der Waals surface area contributed by atoms with Crippen molar-refractivity contribution < 1.29 is 0 Å². The van der Waals surface area contributed by atoms with Crippen molar-refractivity contribution in [2.75, 3.05) is 5.32 Å². The highest BCUT2D eigenvalue weighted by Crippen LogP contribution is 2.21. The maximum absolute atomic E-state index is 6.28. The van der Waals surface area contributed by atoms with Gasteiger partial charge in [-0.15, -0.1) is 0 Å². The number of aromatic nitrogens is 3. The van der Waals surface area contributed by atoms with Gasteiger partial charge in [-0.25, -0.2) is 4.98 Å². The molecule has 3 N–H and O–H groups in total. The number of pyridine rings is 1. The van der Waals surface area contributed by atoms with Crippen LogP contribution in [0.15, 0.2) is 18.5 Å². The molecule has 102 valence electrons. The average molecular weight is 259 g/mol. The van der Waals surface area contributed by atoms with Crippen molar-refractivity contribution >= 4 is 11.5 Å². The zero-order valence-corrected chi connectivity index (χ0v) is 11.3. The molecule has 0 amide bonds. The lowest BCUT2D eigenvalue weighted by Crippen LogP contribution is -2.39. The number of hydrogen-bond donors (Lipinski definition) is 2. The number of fused-ring (bicyclic) bond motifs is 1. The first kappa shape index (κ1) is 12.4. The molecule has 19 heavy (non-hydrogen) atoms. The smallest absolute Gasteiger partial charge is 0.157 e. The van der Waals surface area contributed by atoms with Crippen molar-refractivity contribution in [1.82, 2.24) is 14.6 Å². The summed E-state index contributed by atoms with van der Waals surface area (Å²) in [5.74, 6) is 0.995. The van der Waals surface area contributed by atoms with E-state index < -0.39 is 0 Å². The van der Waals surface area contributed by atoms with Crippen molar-refractivity contribution in [2.24, 2.45) is 5.73 Å². The van der Waals surface area contributed by atoms with Crippen LogP contribution in [0.5, 0.6) is 0 Å². The van der Waals surface area contributed by atoms with Crippen LogP contribution in [0.25, 0.3) is 5.65 Å². The molecule has 0 aliphatic heterocycles. The van der Waals surface area contributed by atoms with E-state index in [-0.39, 0.29) is 6.04 Å². The Hall–Kier alpha value is -1.62. The topological polar surface area (TPSA) is 68.2 Å². The number of hydrogen-bond acceptors (Lipinski definition) is 4. The molecule has 0 radical (unpaired) electrons. The summed E-state index contributed by atoms with van der Waals surface area (Å²) in [4.78, 5) is 4.25.